The molecule has 0 saturated heterocycles. The predicted molar refractivity (Wildman–Crippen MR) is 93.5 cm³/mol. The van der Waals surface area contributed by atoms with Gasteiger partial charge in [0, 0.05) is 0 Å². The van der Waals surface area contributed by atoms with Crippen LogP contribution in [0.1, 0.15) is 76.2 Å². The van der Waals surface area contributed by atoms with Crippen molar-refractivity contribution in [1.29, 1.82) is 0 Å². The SMILES string of the molecule is C=CCC(c1ccc(F)cc1)C1CCC(CCCCC)CC1. The van der Waals surface area contributed by atoms with Crippen molar-refractivity contribution in [3.63, 3.8) is 0 Å². The molecule has 1 aromatic rings. The van der Waals surface area contributed by atoms with Crippen LogP contribution in [0.4, 0.5) is 4.39 Å². The average molecular weight is 302 g/mol. The standard InChI is InChI=1S/C21H31F/c1-3-5-6-8-17-9-11-18(12-10-17)21(7-4-2)19-13-15-20(22)16-14-19/h4,13-18,21H,2-3,5-12H2,1H3. The summed E-state index contributed by atoms with van der Waals surface area (Å²) in [5, 5.41) is 0. The molecule has 2 rings (SSSR count). The summed E-state index contributed by atoms with van der Waals surface area (Å²) in [4.78, 5) is 0. The van der Waals surface area contributed by atoms with Gasteiger partial charge in [-0.05, 0) is 54.7 Å². The van der Waals surface area contributed by atoms with E-state index >= 15 is 0 Å². The van der Waals surface area contributed by atoms with Crippen LogP contribution in [0.25, 0.3) is 0 Å². The largest absolute Gasteiger partial charge is 0.207 e. The average Bonchev–Trinajstić information content (AvgIpc) is 2.55. The van der Waals surface area contributed by atoms with Gasteiger partial charge in [0.15, 0.2) is 0 Å². The zero-order valence-electron chi connectivity index (χ0n) is 14.1. The highest BCUT2D eigenvalue weighted by atomic mass is 19.1. The third-order valence-corrected chi connectivity index (χ3v) is 5.40. The van der Waals surface area contributed by atoms with Crippen molar-refractivity contribution in [2.75, 3.05) is 0 Å². The van der Waals surface area contributed by atoms with Gasteiger partial charge in [0.25, 0.3) is 0 Å². The Kier molecular flexibility index (Phi) is 7.15. The van der Waals surface area contributed by atoms with E-state index in [0.717, 1.165) is 18.3 Å². The van der Waals surface area contributed by atoms with Gasteiger partial charge in [-0.25, -0.2) is 4.39 Å². The number of rotatable bonds is 8. The first-order valence-electron chi connectivity index (χ1n) is 9.11. The van der Waals surface area contributed by atoms with Gasteiger partial charge in [0.1, 0.15) is 5.82 Å². The summed E-state index contributed by atoms with van der Waals surface area (Å²) in [6, 6.07) is 7.14. The fraction of sp³-hybridized carbons (Fsp3) is 0.619. The van der Waals surface area contributed by atoms with Gasteiger partial charge in [-0.3, -0.25) is 0 Å². The van der Waals surface area contributed by atoms with Gasteiger partial charge in [-0.15, -0.1) is 6.58 Å². The van der Waals surface area contributed by atoms with Gasteiger partial charge in [0.2, 0.25) is 0 Å². The second-order valence-corrected chi connectivity index (χ2v) is 6.96. The molecule has 0 N–H and O–H groups in total. The van der Waals surface area contributed by atoms with E-state index in [1.165, 1.54) is 56.9 Å². The molecule has 1 atom stereocenters. The fourth-order valence-electron chi connectivity index (χ4n) is 4.05. The maximum absolute atomic E-state index is 13.2. The molecule has 1 aliphatic rings. The highest BCUT2D eigenvalue weighted by Crippen LogP contribution is 2.41. The van der Waals surface area contributed by atoms with Crippen LogP contribution in [0, 0.1) is 17.7 Å². The first-order chi connectivity index (χ1) is 10.7. The zero-order valence-corrected chi connectivity index (χ0v) is 14.1. The molecule has 1 fully saturated rings. The molecular formula is C21H31F. The monoisotopic (exact) mass is 302 g/mol. The van der Waals surface area contributed by atoms with Crippen molar-refractivity contribution >= 4 is 0 Å². The smallest absolute Gasteiger partial charge is 0.123 e. The van der Waals surface area contributed by atoms with Gasteiger partial charge >= 0.3 is 0 Å². The van der Waals surface area contributed by atoms with Crippen molar-refractivity contribution in [3.05, 3.63) is 48.3 Å². The van der Waals surface area contributed by atoms with Crippen molar-refractivity contribution in [3.8, 4) is 0 Å². The number of benzene rings is 1. The predicted octanol–water partition coefficient (Wildman–Crippen LogP) is 6.87. The third-order valence-electron chi connectivity index (χ3n) is 5.40. The van der Waals surface area contributed by atoms with E-state index in [1.807, 2.05) is 18.2 Å². The molecule has 0 bridgehead atoms. The van der Waals surface area contributed by atoms with Crippen LogP contribution >= 0.6 is 0 Å². The minimum Gasteiger partial charge on any atom is -0.207 e. The Morgan fingerprint density at radius 2 is 1.82 bits per heavy atom. The molecule has 1 heteroatoms. The summed E-state index contributed by atoms with van der Waals surface area (Å²) in [6.07, 6.45) is 14.0. The molecule has 1 aromatic carbocycles. The third kappa shape index (κ3) is 4.97. The number of unbranched alkanes of at least 4 members (excludes halogenated alkanes) is 2. The number of hydrogen-bond acceptors (Lipinski definition) is 0. The first kappa shape index (κ1) is 17.2. The van der Waals surface area contributed by atoms with E-state index in [-0.39, 0.29) is 5.82 Å². The van der Waals surface area contributed by atoms with E-state index in [0.29, 0.717) is 5.92 Å². The van der Waals surface area contributed by atoms with Gasteiger partial charge < -0.3 is 0 Å². The number of halogens is 1. The molecule has 122 valence electrons. The van der Waals surface area contributed by atoms with E-state index in [1.54, 1.807) is 12.1 Å². The van der Waals surface area contributed by atoms with Gasteiger partial charge in [-0.1, -0.05) is 63.7 Å². The molecule has 1 aliphatic carbocycles. The Morgan fingerprint density at radius 1 is 1.14 bits per heavy atom. The molecule has 0 heterocycles. The molecule has 22 heavy (non-hydrogen) atoms. The maximum Gasteiger partial charge on any atom is 0.123 e. The molecule has 0 radical (unpaired) electrons. The minimum absolute atomic E-state index is 0.138. The lowest BCUT2D eigenvalue weighted by Crippen LogP contribution is -2.20. The lowest BCUT2D eigenvalue weighted by atomic mass is 9.71. The topological polar surface area (TPSA) is 0 Å². The lowest BCUT2D eigenvalue weighted by Gasteiger charge is -2.34. The minimum atomic E-state index is -0.138. The quantitative estimate of drug-likeness (QED) is 0.363. The van der Waals surface area contributed by atoms with Crippen LogP contribution in [0.3, 0.4) is 0 Å². The normalized spacial score (nSPS) is 23.2. The van der Waals surface area contributed by atoms with Crippen molar-refractivity contribution in [2.45, 2.75) is 70.6 Å². The number of hydrogen-bond donors (Lipinski definition) is 0. The highest BCUT2D eigenvalue weighted by Gasteiger charge is 2.27. The van der Waals surface area contributed by atoms with E-state index in [9.17, 15) is 4.39 Å². The summed E-state index contributed by atoms with van der Waals surface area (Å²) in [5.41, 5.74) is 1.29. The molecular weight excluding hydrogens is 271 g/mol. The van der Waals surface area contributed by atoms with E-state index < -0.39 is 0 Å². The Labute approximate surface area is 135 Å². The van der Waals surface area contributed by atoms with Crippen LogP contribution < -0.4 is 0 Å². The van der Waals surface area contributed by atoms with E-state index in [2.05, 4.69) is 13.5 Å². The second-order valence-electron chi connectivity index (χ2n) is 6.96. The van der Waals surface area contributed by atoms with Crippen LogP contribution in [-0.2, 0) is 0 Å². The van der Waals surface area contributed by atoms with E-state index in [4.69, 9.17) is 0 Å². The molecule has 0 nitrogen and oxygen atoms in total. The summed E-state index contributed by atoms with van der Waals surface area (Å²) in [5.74, 6) is 2.07. The molecule has 0 aromatic heterocycles. The molecule has 0 spiro atoms. The Bertz CT molecular complexity index is 426. The number of allylic oxidation sites excluding steroid dienone is 1. The van der Waals surface area contributed by atoms with Crippen molar-refractivity contribution in [1.82, 2.24) is 0 Å². The first-order valence-corrected chi connectivity index (χ1v) is 9.11. The Morgan fingerprint density at radius 3 is 2.41 bits per heavy atom. The van der Waals surface area contributed by atoms with Crippen LogP contribution in [-0.4, -0.2) is 0 Å². The van der Waals surface area contributed by atoms with Gasteiger partial charge in [-0.2, -0.15) is 0 Å². The highest BCUT2D eigenvalue weighted by molar-refractivity contribution is 5.22. The van der Waals surface area contributed by atoms with Crippen molar-refractivity contribution < 1.29 is 4.39 Å². The van der Waals surface area contributed by atoms with Crippen LogP contribution in [0.2, 0.25) is 0 Å². The Balaban J connectivity index is 1.91. The van der Waals surface area contributed by atoms with Crippen molar-refractivity contribution in [2.24, 2.45) is 11.8 Å². The van der Waals surface area contributed by atoms with Crippen LogP contribution in [0.5, 0.6) is 0 Å². The molecule has 0 amide bonds. The van der Waals surface area contributed by atoms with Gasteiger partial charge in [0.05, 0.1) is 0 Å². The zero-order chi connectivity index (χ0) is 15.8. The summed E-state index contributed by atoms with van der Waals surface area (Å²) >= 11 is 0. The molecule has 0 aliphatic heterocycles. The summed E-state index contributed by atoms with van der Waals surface area (Å²) in [7, 11) is 0. The summed E-state index contributed by atoms with van der Waals surface area (Å²) < 4.78 is 13.2. The molecule has 1 unspecified atom stereocenters. The fourth-order valence-corrected chi connectivity index (χ4v) is 4.05. The Hall–Kier alpha value is -1.11. The lowest BCUT2D eigenvalue weighted by molar-refractivity contribution is 0.230. The maximum atomic E-state index is 13.2. The molecule has 1 saturated carbocycles. The summed E-state index contributed by atoms with van der Waals surface area (Å²) in [6.45, 7) is 6.21. The van der Waals surface area contributed by atoms with Crippen LogP contribution in [0.15, 0.2) is 36.9 Å². The second kappa shape index (κ2) is 9.12.